The molecule has 0 aromatic carbocycles. The molecule has 0 saturated carbocycles. The van der Waals surface area contributed by atoms with Crippen molar-refractivity contribution < 1.29 is 4.79 Å². The first-order chi connectivity index (χ1) is 7.77. The largest absolute Gasteiger partial charge is 0.324 e. The van der Waals surface area contributed by atoms with Crippen molar-refractivity contribution in [2.45, 2.75) is 19.8 Å². The summed E-state index contributed by atoms with van der Waals surface area (Å²) in [6, 6.07) is 3.72. The van der Waals surface area contributed by atoms with Crippen LogP contribution in [0.3, 0.4) is 0 Å². The molecule has 0 radical (unpaired) electrons. The van der Waals surface area contributed by atoms with Crippen LogP contribution in [-0.4, -0.2) is 24.0 Å². The van der Waals surface area contributed by atoms with Crippen LogP contribution in [0, 0.1) is 12.8 Å². The Balaban J connectivity index is 0.00000144. The van der Waals surface area contributed by atoms with Crippen LogP contribution in [0.15, 0.2) is 18.3 Å². The molecule has 18 heavy (non-hydrogen) atoms. The molecule has 102 valence electrons. The number of hydrogen-bond donors (Lipinski definition) is 2. The van der Waals surface area contributed by atoms with Crippen molar-refractivity contribution in [3.8, 4) is 0 Å². The molecule has 1 amide bonds. The minimum absolute atomic E-state index is 0. The zero-order valence-corrected chi connectivity index (χ0v) is 11.9. The van der Waals surface area contributed by atoms with Gasteiger partial charge in [0, 0.05) is 12.7 Å². The van der Waals surface area contributed by atoms with Crippen molar-refractivity contribution in [2.24, 2.45) is 5.92 Å². The van der Waals surface area contributed by atoms with Crippen molar-refractivity contribution in [1.29, 1.82) is 0 Å². The third-order valence-electron chi connectivity index (χ3n) is 2.93. The Labute approximate surface area is 120 Å². The van der Waals surface area contributed by atoms with E-state index in [0.29, 0.717) is 0 Å². The average molecular weight is 292 g/mol. The summed E-state index contributed by atoms with van der Waals surface area (Å²) in [7, 11) is 0. The van der Waals surface area contributed by atoms with Gasteiger partial charge in [-0.05, 0) is 38.4 Å². The van der Waals surface area contributed by atoms with Gasteiger partial charge in [0.15, 0.2) is 0 Å². The molecule has 1 saturated heterocycles. The molecular weight excluding hydrogens is 273 g/mol. The minimum Gasteiger partial charge on any atom is -0.324 e. The fraction of sp³-hybridized carbons (Fsp3) is 0.500. The van der Waals surface area contributed by atoms with Crippen LogP contribution in [0.1, 0.15) is 18.5 Å². The van der Waals surface area contributed by atoms with Crippen LogP contribution < -0.4 is 10.6 Å². The molecule has 4 nitrogen and oxygen atoms in total. The van der Waals surface area contributed by atoms with Crippen molar-refractivity contribution in [1.82, 2.24) is 10.3 Å². The lowest BCUT2D eigenvalue weighted by atomic mass is 9.99. The normalized spacial score (nSPS) is 18.2. The summed E-state index contributed by atoms with van der Waals surface area (Å²) in [4.78, 5) is 16.1. The van der Waals surface area contributed by atoms with Gasteiger partial charge in [0.05, 0.1) is 17.3 Å². The lowest BCUT2D eigenvalue weighted by Crippen LogP contribution is -2.37. The number of piperidine rings is 1. The van der Waals surface area contributed by atoms with E-state index < -0.39 is 0 Å². The highest BCUT2D eigenvalue weighted by atomic mass is 35.5. The molecule has 1 atom stereocenters. The lowest BCUT2D eigenvalue weighted by Gasteiger charge is -2.22. The molecule has 2 rings (SSSR count). The highest BCUT2D eigenvalue weighted by molar-refractivity contribution is 5.93. The van der Waals surface area contributed by atoms with Gasteiger partial charge in [-0.2, -0.15) is 0 Å². The molecule has 0 bridgehead atoms. The zero-order chi connectivity index (χ0) is 11.4. The Bertz CT molecular complexity index is 381. The number of halogens is 2. The highest BCUT2D eigenvalue weighted by Gasteiger charge is 2.21. The smallest absolute Gasteiger partial charge is 0.228 e. The van der Waals surface area contributed by atoms with Crippen LogP contribution >= 0.6 is 24.8 Å². The maximum Gasteiger partial charge on any atom is 0.228 e. The summed E-state index contributed by atoms with van der Waals surface area (Å²) >= 11 is 0. The van der Waals surface area contributed by atoms with E-state index in [1.807, 2.05) is 19.1 Å². The summed E-state index contributed by atoms with van der Waals surface area (Å²) in [5, 5.41) is 6.18. The van der Waals surface area contributed by atoms with Gasteiger partial charge >= 0.3 is 0 Å². The number of rotatable bonds is 2. The van der Waals surface area contributed by atoms with Gasteiger partial charge in [-0.1, -0.05) is 0 Å². The molecule has 0 unspecified atom stereocenters. The van der Waals surface area contributed by atoms with Crippen LogP contribution in [0.25, 0.3) is 0 Å². The second-order valence-corrected chi connectivity index (χ2v) is 4.17. The molecule has 1 aliphatic rings. The van der Waals surface area contributed by atoms with Crippen molar-refractivity contribution in [3.05, 3.63) is 24.0 Å². The maximum atomic E-state index is 11.9. The zero-order valence-electron chi connectivity index (χ0n) is 10.3. The van der Waals surface area contributed by atoms with E-state index in [1.54, 1.807) is 6.20 Å². The van der Waals surface area contributed by atoms with E-state index in [2.05, 4.69) is 15.6 Å². The van der Waals surface area contributed by atoms with Crippen molar-refractivity contribution >= 4 is 36.4 Å². The van der Waals surface area contributed by atoms with Gasteiger partial charge < -0.3 is 10.6 Å². The Morgan fingerprint density at radius 2 is 2.28 bits per heavy atom. The Hall–Kier alpha value is -0.840. The Morgan fingerprint density at radius 3 is 2.89 bits per heavy atom. The van der Waals surface area contributed by atoms with Gasteiger partial charge in [0.2, 0.25) is 5.91 Å². The topological polar surface area (TPSA) is 54.0 Å². The quantitative estimate of drug-likeness (QED) is 0.878. The SMILES string of the molecule is Cc1ncccc1NC(=O)[C@@H]1CCCNC1.Cl.Cl. The third-order valence-corrected chi connectivity index (χ3v) is 2.93. The van der Waals surface area contributed by atoms with Crippen LogP contribution in [0.5, 0.6) is 0 Å². The van der Waals surface area contributed by atoms with E-state index in [1.165, 1.54) is 0 Å². The lowest BCUT2D eigenvalue weighted by molar-refractivity contribution is -0.120. The van der Waals surface area contributed by atoms with E-state index in [-0.39, 0.29) is 36.6 Å². The van der Waals surface area contributed by atoms with E-state index in [0.717, 1.165) is 37.3 Å². The number of carbonyl (C=O) groups excluding carboxylic acids is 1. The number of anilines is 1. The molecule has 1 aliphatic heterocycles. The number of amides is 1. The van der Waals surface area contributed by atoms with Crippen molar-refractivity contribution in [3.63, 3.8) is 0 Å². The molecule has 1 aromatic heterocycles. The number of hydrogen-bond acceptors (Lipinski definition) is 3. The van der Waals surface area contributed by atoms with E-state index in [4.69, 9.17) is 0 Å². The number of aromatic nitrogens is 1. The Kier molecular flexibility index (Phi) is 7.91. The second-order valence-electron chi connectivity index (χ2n) is 4.17. The summed E-state index contributed by atoms with van der Waals surface area (Å²) in [6.07, 6.45) is 3.77. The fourth-order valence-corrected chi connectivity index (χ4v) is 1.93. The van der Waals surface area contributed by atoms with Crippen LogP contribution in [0.2, 0.25) is 0 Å². The summed E-state index contributed by atoms with van der Waals surface area (Å²) in [5.74, 6) is 0.191. The molecule has 1 fully saturated rings. The van der Waals surface area contributed by atoms with Crippen LogP contribution in [-0.2, 0) is 4.79 Å². The molecular formula is C12H19Cl2N3O. The van der Waals surface area contributed by atoms with Gasteiger partial charge in [-0.15, -0.1) is 24.8 Å². The Morgan fingerprint density at radius 1 is 1.50 bits per heavy atom. The monoisotopic (exact) mass is 291 g/mol. The second kappa shape index (κ2) is 8.29. The van der Waals surface area contributed by atoms with Crippen molar-refractivity contribution in [2.75, 3.05) is 18.4 Å². The van der Waals surface area contributed by atoms with E-state index in [9.17, 15) is 4.79 Å². The predicted molar refractivity (Wildman–Crippen MR) is 77.7 cm³/mol. The maximum absolute atomic E-state index is 11.9. The summed E-state index contributed by atoms with van der Waals surface area (Å²) in [6.45, 7) is 3.70. The average Bonchev–Trinajstić information content (AvgIpc) is 2.33. The first kappa shape index (κ1) is 17.2. The van der Waals surface area contributed by atoms with Crippen LogP contribution in [0.4, 0.5) is 5.69 Å². The first-order valence-electron chi connectivity index (χ1n) is 5.70. The number of nitrogens with zero attached hydrogens (tertiary/aromatic N) is 1. The fourth-order valence-electron chi connectivity index (χ4n) is 1.93. The van der Waals surface area contributed by atoms with Gasteiger partial charge in [-0.3, -0.25) is 9.78 Å². The molecule has 0 spiro atoms. The summed E-state index contributed by atoms with van der Waals surface area (Å²) < 4.78 is 0. The van der Waals surface area contributed by atoms with Gasteiger partial charge in [0.25, 0.3) is 0 Å². The molecule has 6 heteroatoms. The standard InChI is InChI=1S/C12H17N3O.2ClH/c1-9-11(5-3-7-14-9)15-12(16)10-4-2-6-13-8-10;;/h3,5,7,10,13H,2,4,6,8H2,1H3,(H,15,16);2*1H/t10-;;/m1../s1. The van der Waals surface area contributed by atoms with E-state index >= 15 is 0 Å². The molecule has 2 heterocycles. The molecule has 1 aromatic rings. The number of pyridine rings is 1. The number of carbonyl (C=O) groups is 1. The predicted octanol–water partition coefficient (Wildman–Crippen LogP) is 2.17. The van der Waals surface area contributed by atoms with Gasteiger partial charge in [-0.25, -0.2) is 0 Å². The van der Waals surface area contributed by atoms with Gasteiger partial charge in [0.1, 0.15) is 0 Å². The first-order valence-corrected chi connectivity index (χ1v) is 5.70. The highest BCUT2D eigenvalue weighted by Crippen LogP contribution is 2.15. The number of nitrogens with one attached hydrogen (secondary N) is 2. The minimum atomic E-state index is 0. The molecule has 0 aliphatic carbocycles. The third kappa shape index (κ3) is 4.44. The number of aryl methyl sites for hydroxylation is 1. The summed E-state index contributed by atoms with van der Waals surface area (Å²) in [5.41, 5.74) is 1.68. The molecule has 2 N–H and O–H groups in total.